The SMILES string of the molecule is CC[C@@H]1CCCCN1C(=O)c1c(Cl)ccc(F)c1F. The van der Waals surface area contributed by atoms with Crippen LogP contribution in [0, 0.1) is 11.6 Å². The van der Waals surface area contributed by atoms with E-state index in [2.05, 4.69) is 0 Å². The van der Waals surface area contributed by atoms with E-state index in [4.69, 9.17) is 11.6 Å². The maximum Gasteiger partial charge on any atom is 0.258 e. The molecule has 0 saturated carbocycles. The molecule has 0 spiro atoms. The second kappa shape index (κ2) is 5.87. The van der Waals surface area contributed by atoms with Crippen molar-refractivity contribution in [1.29, 1.82) is 0 Å². The molecule has 1 aromatic carbocycles. The molecular weight excluding hydrogens is 272 g/mol. The number of rotatable bonds is 2. The van der Waals surface area contributed by atoms with Crippen LogP contribution in [0.5, 0.6) is 0 Å². The standard InChI is InChI=1S/C14H16ClF2NO/c1-2-9-5-3-4-8-18(9)14(19)12-10(15)6-7-11(16)13(12)17/h6-7,9H,2-5,8H2,1H3/t9-/m1/s1. The van der Waals surface area contributed by atoms with E-state index in [-0.39, 0.29) is 16.6 Å². The van der Waals surface area contributed by atoms with Crippen LogP contribution in [0.15, 0.2) is 12.1 Å². The fourth-order valence-electron chi connectivity index (χ4n) is 2.56. The molecular formula is C14H16ClF2NO. The second-order valence-corrected chi connectivity index (χ2v) is 5.18. The predicted octanol–water partition coefficient (Wildman–Crippen LogP) is 4.02. The summed E-state index contributed by atoms with van der Waals surface area (Å²) in [6.07, 6.45) is 3.65. The van der Waals surface area contributed by atoms with Crippen molar-refractivity contribution in [3.05, 3.63) is 34.4 Å². The smallest absolute Gasteiger partial charge is 0.258 e. The molecule has 0 unspecified atom stereocenters. The van der Waals surface area contributed by atoms with Crippen LogP contribution in [-0.2, 0) is 0 Å². The van der Waals surface area contributed by atoms with Gasteiger partial charge in [0.25, 0.3) is 5.91 Å². The molecule has 1 aliphatic heterocycles. The van der Waals surface area contributed by atoms with Gasteiger partial charge >= 0.3 is 0 Å². The molecule has 1 heterocycles. The number of piperidine rings is 1. The molecule has 0 bridgehead atoms. The largest absolute Gasteiger partial charge is 0.336 e. The van der Waals surface area contributed by atoms with Gasteiger partial charge in [-0.3, -0.25) is 4.79 Å². The van der Waals surface area contributed by atoms with Crippen molar-refractivity contribution >= 4 is 17.5 Å². The molecule has 0 radical (unpaired) electrons. The number of benzene rings is 1. The Morgan fingerprint density at radius 2 is 2.16 bits per heavy atom. The molecule has 104 valence electrons. The van der Waals surface area contributed by atoms with Crippen LogP contribution in [0.1, 0.15) is 43.0 Å². The molecule has 1 saturated heterocycles. The third-order valence-corrected chi connectivity index (χ3v) is 3.93. The Labute approximate surface area is 116 Å². The fraction of sp³-hybridized carbons (Fsp3) is 0.500. The molecule has 1 atom stereocenters. The van der Waals surface area contributed by atoms with E-state index in [0.29, 0.717) is 6.54 Å². The molecule has 2 nitrogen and oxygen atoms in total. The highest BCUT2D eigenvalue weighted by atomic mass is 35.5. The first-order valence-electron chi connectivity index (χ1n) is 6.50. The van der Waals surface area contributed by atoms with Crippen molar-refractivity contribution in [2.24, 2.45) is 0 Å². The van der Waals surface area contributed by atoms with Crippen molar-refractivity contribution in [3.63, 3.8) is 0 Å². The number of hydrogen-bond donors (Lipinski definition) is 0. The first-order chi connectivity index (χ1) is 9.06. The zero-order chi connectivity index (χ0) is 14.0. The van der Waals surface area contributed by atoms with Crippen LogP contribution in [0.25, 0.3) is 0 Å². The first-order valence-corrected chi connectivity index (χ1v) is 6.88. The van der Waals surface area contributed by atoms with Crippen LogP contribution in [0.2, 0.25) is 5.02 Å². The lowest BCUT2D eigenvalue weighted by Crippen LogP contribution is -2.43. The zero-order valence-corrected chi connectivity index (χ0v) is 11.5. The Morgan fingerprint density at radius 1 is 1.42 bits per heavy atom. The second-order valence-electron chi connectivity index (χ2n) is 4.77. The third kappa shape index (κ3) is 2.73. The zero-order valence-electron chi connectivity index (χ0n) is 10.8. The lowest BCUT2D eigenvalue weighted by atomic mass is 9.98. The van der Waals surface area contributed by atoms with E-state index in [1.165, 1.54) is 6.07 Å². The van der Waals surface area contributed by atoms with Gasteiger partial charge < -0.3 is 4.90 Å². The minimum absolute atomic E-state index is 0.0377. The monoisotopic (exact) mass is 287 g/mol. The van der Waals surface area contributed by atoms with Gasteiger partial charge in [-0.25, -0.2) is 8.78 Å². The molecule has 0 N–H and O–H groups in total. The number of carbonyl (C=O) groups excluding carboxylic acids is 1. The van der Waals surface area contributed by atoms with Gasteiger partial charge in [0.05, 0.1) is 10.6 Å². The van der Waals surface area contributed by atoms with Gasteiger partial charge in [0, 0.05) is 12.6 Å². The van der Waals surface area contributed by atoms with Crippen LogP contribution in [0.3, 0.4) is 0 Å². The summed E-state index contributed by atoms with van der Waals surface area (Å²) in [7, 11) is 0. The van der Waals surface area contributed by atoms with E-state index in [1.54, 1.807) is 4.90 Å². The summed E-state index contributed by atoms with van der Waals surface area (Å²) in [5.41, 5.74) is -0.345. The highest BCUT2D eigenvalue weighted by molar-refractivity contribution is 6.33. The van der Waals surface area contributed by atoms with Crippen LogP contribution in [0.4, 0.5) is 8.78 Å². The molecule has 1 fully saturated rings. The summed E-state index contributed by atoms with van der Waals surface area (Å²) < 4.78 is 27.1. The van der Waals surface area contributed by atoms with Crippen molar-refractivity contribution in [1.82, 2.24) is 4.90 Å². The summed E-state index contributed by atoms with van der Waals surface area (Å²) in [5, 5.41) is -0.0377. The number of halogens is 3. The first kappa shape index (κ1) is 14.3. The molecule has 19 heavy (non-hydrogen) atoms. The van der Waals surface area contributed by atoms with E-state index in [0.717, 1.165) is 31.7 Å². The number of hydrogen-bond acceptors (Lipinski definition) is 1. The third-order valence-electron chi connectivity index (χ3n) is 3.62. The lowest BCUT2D eigenvalue weighted by Gasteiger charge is -2.35. The van der Waals surface area contributed by atoms with E-state index in [1.807, 2.05) is 6.92 Å². The van der Waals surface area contributed by atoms with E-state index >= 15 is 0 Å². The maximum absolute atomic E-state index is 13.8. The Hall–Kier alpha value is -1.16. The Balaban J connectivity index is 2.36. The molecule has 0 aromatic heterocycles. The molecule has 1 amide bonds. The predicted molar refractivity (Wildman–Crippen MR) is 70.3 cm³/mol. The number of carbonyl (C=O) groups is 1. The van der Waals surface area contributed by atoms with Gasteiger partial charge in [0.2, 0.25) is 0 Å². The summed E-state index contributed by atoms with van der Waals surface area (Å²) in [6.45, 7) is 2.56. The van der Waals surface area contributed by atoms with Crippen molar-refractivity contribution in [2.45, 2.75) is 38.6 Å². The summed E-state index contributed by atoms with van der Waals surface area (Å²) in [6, 6.07) is 2.24. The average Bonchev–Trinajstić information content (AvgIpc) is 2.43. The van der Waals surface area contributed by atoms with Crippen molar-refractivity contribution in [2.75, 3.05) is 6.54 Å². The molecule has 1 aliphatic rings. The molecule has 0 aliphatic carbocycles. The molecule has 2 rings (SSSR count). The fourth-order valence-corrected chi connectivity index (χ4v) is 2.79. The topological polar surface area (TPSA) is 20.3 Å². The minimum atomic E-state index is -1.15. The average molecular weight is 288 g/mol. The minimum Gasteiger partial charge on any atom is -0.336 e. The maximum atomic E-state index is 13.8. The normalized spacial score (nSPS) is 19.6. The van der Waals surface area contributed by atoms with Gasteiger partial charge in [-0.15, -0.1) is 0 Å². The number of nitrogens with zero attached hydrogens (tertiary/aromatic N) is 1. The summed E-state index contributed by atoms with van der Waals surface area (Å²) in [4.78, 5) is 14.0. The van der Waals surface area contributed by atoms with Crippen LogP contribution >= 0.6 is 11.6 Å². The van der Waals surface area contributed by atoms with Crippen molar-refractivity contribution < 1.29 is 13.6 Å². The van der Waals surface area contributed by atoms with Crippen molar-refractivity contribution in [3.8, 4) is 0 Å². The van der Waals surface area contributed by atoms with Crippen LogP contribution in [-0.4, -0.2) is 23.4 Å². The summed E-state index contributed by atoms with van der Waals surface area (Å²) >= 11 is 5.85. The van der Waals surface area contributed by atoms with E-state index in [9.17, 15) is 13.6 Å². The number of amides is 1. The highest BCUT2D eigenvalue weighted by Crippen LogP contribution is 2.27. The highest BCUT2D eigenvalue weighted by Gasteiger charge is 2.30. The Kier molecular flexibility index (Phi) is 4.40. The van der Waals surface area contributed by atoms with Gasteiger partial charge in [0.15, 0.2) is 11.6 Å². The lowest BCUT2D eigenvalue weighted by molar-refractivity contribution is 0.0602. The van der Waals surface area contributed by atoms with Gasteiger partial charge in [-0.05, 0) is 37.8 Å². The Morgan fingerprint density at radius 3 is 2.84 bits per heavy atom. The molecule has 5 heteroatoms. The van der Waals surface area contributed by atoms with Crippen LogP contribution < -0.4 is 0 Å². The van der Waals surface area contributed by atoms with E-state index < -0.39 is 17.5 Å². The quantitative estimate of drug-likeness (QED) is 0.752. The van der Waals surface area contributed by atoms with Gasteiger partial charge in [0.1, 0.15) is 0 Å². The Bertz CT molecular complexity index is 493. The summed E-state index contributed by atoms with van der Waals surface area (Å²) in [5.74, 6) is -2.70. The van der Waals surface area contributed by atoms with Gasteiger partial charge in [-0.1, -0.05) is 18.5 Å². The number of likely N-dealkylation sites (tertiary alicyclic amines) is 1. The van der Waals surface area contributed by atoms with Gasteiger partial charge in [-0.2, -0.15) is 0 Å². The molecule has 1 aromatic rings.